The molecule has 0 aromatic rings. The quantitative estimate of drug-likeness (QED) is 0.0713. The van der Waals surface area contributed by atoms with E-state index < -0.39 is 0 Å². The van der Waals surface area contributed by atoms with E-state index in [4.69, 9.17) is 101 Å². The molecular formula is C60H125N15O20. The van der Waals surface area contributed by atoms with Crippen LogP contribution in [-0.2, 0) is 0 Å². The molecule has 0 atom stereocenters. The topological polar surface area (TPSA) is 557 Å². The molecule has 95 heavy (non-hydrogen) atoms. The van der Waals surface area contributed by atoms with E-state index in [1.54, 1.807) is 0 Å². The third-order valence-electron chi connectivity index (χ3n) is 18.4. The second-order valence-electron chi connectivity index (χ2n) is 25.0. The Labute approximate surface area is 560 Å². The van der Waals surface area contributed by atoms with Crippen LogP contribution in [0.25, 0.3) is 0 Å². The fourth-order valence-corrected chi connectivity index (χ4v) is 14.4. The highest BCUT2D eigenvalue weighted by molar-refractivity contribution is 4.84. The van der Waals surface area contributed by atoms with Crippen molar-refractivity contribution in [2.75, 3.05) is 0 Å². The van der Waals surface area contributed by atoms with Gasteiger partial charge in [0, 0.05) is 60.4 Å². The van der Waals surface area contributed by atoms with E-state index in [1.165, 1.54) is 374 Å². The van der Waals surface area contributed by atoms with Crippen LogP contribution in [0.1, 0.15) is 321 Å². The predicted octanol–water partition coefficient (Wildman–Crippen LogP) is 17.6. The van der Waals surface area contributed by atoms with E-state index in [9.17, 15) is 0 Å². The summed E-state index contributed by atoms with van der Waals surface area (Å²) in [5, 5.41) is 98.2. The van der Waals surface area contributed by atoms with Crippen molar-refractivity contribution in [2.24, 2.45) is 53.4 Å². The zero-order chi connectivity index (χ0) is 71.7. The Morgan fingerprint density at radius 3 is 0.242 bits per heavy atom. The molecule has 10 fully saturated rings. The molecule has 0 saturated heterocycles. The summed E-state index contributed by atoms with van der Waals surface area (Å²) in [6, 6.07) is 8.72. The van der Waals surface area contributed by atoms with Crippen LogP contribution in [0.3, 0.4) is 0 Å². The third-order valence-corrected chi connectivity index (χ3v) is 18.4. The van der Waals surface area contributed by atoms with E-state index in [-0.39, 0.29) is 0 Å². The van der Waals surface area contributed by atoms with Crippen molar-refractivity contribution in [1.82, 2.24) is 26.6 Å². The van der Waals surface area contributed by atoms with E-state index in [1.807, 2.05) is 0 Å². The van der Waals surface area contributed by atoms with Crippen LogP contribution in [0.4, 0.5) is 0 Å². The summed E-state index contributed by atoms with van der Waals surface area (Å²) in [5.41, 5.74) is 0. The molecule has 0 aromatic heterocycles. The number of hydrogen-bond donors (Lipinski definition) is 15. The highest BCUT2D eigenvalue weighted by atomic mass is 16.6. The van der Waals surface area contributed by atoms with Crippen molar-refractivity contribution in [3.8, 4) is 0 Å². The lowest BCUT2D eigenvalue weighted by Crippen LogP contribution is -2.40. The van der Waals surface area contributed by atoms with Crippen LogP contribution < -0.4 is 26.6 Å². The molecule has 0 spiro atoms. The van der Waals surface area contributed by atoms with Gasteiger partial charge in [-0.3, -0.25) is 0 Å². The van der Waals surface area contributed by atoms with Gasteiger partial charge in [-0.1, -0.05) is 193 Å². The second kappa shape index (κ2) is 83.9. The monoisotopic (exact) mass is 1380 g/mol. The van der Waals surface area contributed by atoms with Gasteiger partial charge >= 0.3 is 0 Å². The SMILES string of the molecule is C1CCC(NC2CCCCC2)CC1.C1CCC(NC2CCCCC2)CC1.C1CCC(NC2CCCCC2)CC1.C1CCC(NC2CCCCC2)CC1.C1CCC(NC2CCCCC2)CC1.O=NO.O=NO.O=NO.O=NO.O=NO.O=NO.O=NO.O=NO.O=NO.O=NO. The van der Waals surface area contributed by atoms with E-state index in [2.05, 4.69) is 26.6 Å². The van der Waals surface area contributed by atoms with Gasteiger partial charge in [-0.2, -0.15) is 0 Å². The van der Waals surface area contributed by atoms with Gasteiger partial charge in [-0.05, 0) is 128 Å². The maximum atomic E-state index is 8.11. The molecule has 0 heterocycles. The van der Waals surface area contributed by atoms with Crippen LogP contribution in [0.5, 0.6) is 0 Å². The summed E-state index contributed by atoms with van der Waals surface area (Å²) in [4.78, 5) is 81.1. The molecule has 35 heteroatoms. The average Bonchev–Trinajstić information content (AvgIpc) is 3.50. The number of nitrogens with one attached hydrogen (secondary N) is 5. The predicted molar refractivity (Wildman–Crippen MR) is 360 cm³/mol. The minimum Gasteiger partial charge on any atom is -0.379 e. The lowest BCUT2D eigenvalue weighted by Gasteiger charge is -2.30. The van der Waals surface area contributed by atoms with Crippen molar-refractivity contribution in [1.29, 1.82) is 0 Å². The Balaban J connectivity index is -0.000000321. The zero-order valence-corrected chi connectivity index (χ0v) is 56.7. The first-order chi connectivity index (χ1) is 46.4. The van der Waals surface area contributed by atoms with Gasteiger partial charge in [0.25, 0.3) is 0 Å². The minimum absolute atomic E-state index is 0.872. The van der Waals surface area contributed by atoms with Crippen molar-refractivity contribution >= 4 is 0 Å². The molecule has 0 aliphatic heterocycles. The van der Waals surface area contributed by atoms with Gasteiger partial charge in [-0.15, -0.1) is 49.1 Å². The van der Waals surface area contributed by atoms with Crippen LogP contribution >= 0.6 is 0 Å². The fourth-order valence-electron chi connectivity index (χ4n) is 14.4. The summed E-state index contributed by atoms with van der Waals surface area (Å²) in [6.45, 7) is 0. The lowest BCUT2D eigenvalue weighted by molar-refractivity contribution is 0.291. The summed E-state index contributed by atoms with van der Waals surface area (Å²) in [7, 11) is 0. The molecular weight excluding hydrogens is 1250 g/mol. The molecule has 560 valence electrons. The Morgan fingerprint density at radius 1 is 0.137 bits per heavy atom. The first kappa shape index (κ1) is 97.5. The summed E-state index contributed by atoms with van der Waals surface area (Å²) in [6.07, 6.45) is 72.8. The number of nitrogens with zero attached hydrogens (tertiary/aromatic N) is 10. The highest BCUT2D eigenvalue weighted by Gasteiger charge is 2.24. The third kappa shape index (κ3) is 73.5. The van der Waals surface area contributed by atoms with Crippen LogP contribution in [0.15, 0.2) is 53.4 Å². The lowest BCUT2D eigenvalue weighted by atomic mass is 9.91. The molecule has 35 nitrogen and oxygen atoms in total. The minimum atomic E-state index is 0.872. The van der Waals surface area contributed by atoms with E-state index >= 15 is 0 Å². The summed E-state index contributed by atoms with van der Waals surface area (Å²) in [5.74, 6) is 0. The molecule has 0 amide bonds. The number of hydrogen-bond acceptors (Lipinski definition) is 25. The Kier molecular flexibility index (Phi) is 86.1. The maximum Gasteiger partial charge on any atom is 0.152 e. The molecule has 15 N–H and O–H groups in total. The Hall–Kier alpha value is -6.20. The van der Waals surface area contributed by atoms with E-state index in [0.29, 0.717) is 0 Å². The molecule has 10 aliphatic rings. The van der Waals surface area contributed by atoms with E-state index in [0.717, 1.165) is 60.4 Å². The van der Waals surface area contributed by atoms with Gasteiger partial charge in [-0.25, -0.2) is 0 Å². The molecule has 10 saturated carbocycles. The van der Waals surface area contributed by atoms with Crippen molar-refractivity contribution in [3.05, 3.63) is 49.1 Å². The van der Waals surface area contributed by atoms with Gasteiger partial charge in [0.15, 0.2) is 53.4 Å². The molecule has 0 aromatic carbocycles. The standard InChI is InChI=1S/5C12H23N.10HNO2/c5*1-3-7-11(8-4-1)13-12-9-5-2-6-10-12;10*2-1-3/h5*11-13H,1-10H2;10*(H,2,3). The zero-order valence-electron chi connectivity index (χ0n) is 56.7. The largest absolute Gasteiger partial charge is 0.379 e. The normalized spacial score (nSPS) is 20.2. The number of rotatable bonds is 10. The smallest absolute Gasteiger partial charge is 0.152 e. The fraction of sp³-hybridized carbons (Fsp3) is 1.00. The van der Waals surface area contributed by atoms with Crippen molar-refractivity contribution in [2.45, 2.75) is 381 Å². The first-order valence-corrected chi connectivity index (χ1v) is 34.9. The highest BCUT2D eigenvalue weighted by Crippen LogP contribution is 2.27. The van der Waals surface area contributed by atoms with Gasteiger partial charge < -0.3 is 78.7 Å². The molecule has 0 unspecified atom stereocenters. The average molecular weight is 1380 g/mol. The van der Waals surface area contributed by atoms with Crippen LogP contribution in [-0.4, -0.2) is 112 Å². The summed E-state index contributed by atoms with van der Waals surface area (Å²) >= 11 is 0. The molecule has 0 radical (unpaired) electrons. The Bertz CT molecular complexity index is 1240. The van der Waals surface area contributed by atoms with Crippen LogP contribution in [0.2, 0.25) is 0 Å². The van der Waals surface area contributed by atoms with Crippen molar-refractivity contribution in [3.63, 3.8) is 0 Å². The van der Waals surface area contributed by atoms with Gasteiger partial charge in [0.2, 0.25) is 0 Å². The maximum absolute atomic E-state index is 8.11. The van der Waals surface area contributed by atoms with Gasteiger partial charge in [0.1, 0.15) is 0 Å². The molecule has 10 aliphatic carbocycles. The second-order valence-corrected chi connectivity index (χ2v) is 25.0. The molecule has 10 rings (SSSR count). The Morgan fingerprint density at radius 2 is 0.189 bits per heavy atom. The van der Waals surface area contributed by atoms with Gasteiger partial charge in [0.05, 0.1) is 0 Å². The summed E-state index contributed by atoms with van der Waals surface area (Å²) < 4.78 is 0. The van der Waals surface area contributed by atoms with Crippen LogP contribution in [0, 0.1) is 49.1 Å². The first-order valence-electron chi connectivity index (χ1n) is 34.9. The molecule has 0 bridgehead atoms. The van der Waals surface area contributed by atoms with Crippen molar-refractivity contribution < 1.29 is 52.1 Å².